The molecule has 1 fully saturated rings. The van der Waals surface area contributed by atoms with Gasteiger partial charge in [0.05, 0.1) is 10.9 Å². The first-order valence-corrected chi connectivity index (χ1v) is 5.15. The maximum Gasteiger partial charge on any atom is 0.337 e. The fourth-order valence-electron chi connectivity index (χ4n) is 1.56. The maximum atomic E-state index is 11.5. The summed E-state index contributed by atoms with van der Waals surface area (Å²) >= 11 is 5.85. The standard InChI is InChI=1S/C10H9ClN2O3/c11-7-3-9(14)13(5-7)8-2-1-6(4-12-8)10(15)16/h1-2,4,7H,3,5H2,(H,15,16). The summed E-state index contributed by atoms with van der Waals surface area (Å²) in [5, 5.41) is 8.49. The molecule has 1 aliphatic rings. The highest BCUT2D eigenvalue weighted by atomic mass is 35.5. The number of aromatic carboxylic acids is 1. The first-order chi connectivity index (χ1) is 7.58. The van der Waals surface area contributed by atoms with Gasteiger partial charge in [0.2, 0.25) is 5.91 Å². The summed E-state index contributed by atoms with van der Waals surface area (Å²) in [6, 6.07) is 2.93. The van der Waals surface area contributed by atoms with Gasteiger partial charge < -0.3 is 5.11 Å². The van der Waals surface area contributed by atoms with Gasteiger partial charge in [-0.1, -0.05) is 0 Å². The third-order valence-electron chi connectivity index (χ3n) is 2.35. The summed E-state index contributed by atoms with van der Waals surface area (Å²) in [6.07, 6.45) is 1.52. The van der Waals surface area contributed by atoms with Gasteiger partial charge in [0, 0.05) is 19.2 Å². The molecule has 1 aromatic heterocycles. The molecule has 1 aliphatic heterocycles. The number of rotatable bonds is 2. The van der Waals surface area contributed by atoms with E-state index in [1.54, 1.807) is 0 Å². The van der Waals surface area contributed by atoms with Crippen molar-refractivity contribution in [3.05, 3.63) is 23.9 Å². The predicted molar refractivity (Wildman–Crippen MR) is 57.8 cm³/mol. The number of carbonyl (C=O) groups excluding carboxylic acids is 1. The Morgan fingerprint density at radius 2 is 2.31 bits per heavy atom. The van der Waals surface area contributed by atoms with Crippen LogP contribution >= 0.6 is 11.6 Å². The number of amides is 1. The first kappa shape index (κ1) is 10.9. The van der Waals surface area contributed by atoms with Crippen LogP contribution in [0.1, 0.15) is 16.8 Å². The average Bonchev–Trinajstić information content (AvgIpc) is 2.58. The molecule has 0 spiro atoms. The summed E-state index contributed by atoms with van der Waals surface area (Å²) < 4.78 is 0. The molecule has 1 N–H and O–H groups in total. The molecule has 0 aliphatic carbocycles. The number of nitrogens with zero attached hydrogens (tertiary/aromatic N) is 2. The maximum absolute atomic E-state index is 11.5. The average molecular weight is 241 g/mol. The SMILES string of the molecule is O=C(O)c1ccc(N2CC(Cl)CC2=O)nc1. The van der Waals surface area contributed by atoms with Gasteiger partial charge in [-0.3, -0.25) is 9.69 Å². The second-order valence-electron chi connectivity index (χ2n) is 3.52. The Balaban J connectivity index is 2.22. The molecule has 1 unspecified atom stereocenters. The van der Waals surface area contributed by atoms with E-state index in [9.17, 15) is 9.59 Å². The lowest BCUT2D eigenvalue weighted by Gasteiger charge is -2.14. The van der Waals surface area contributed by atoms with Gasteiger partial charge in [0.1, 0.15) is 5.82 Å². The molecule has 16 heavy (non-hydrogen) atoms. The summed E-state index contributed by atoms with van der Waals surface area (Å²) in [4.78, 5) is 27.5. The molecule has 0 bridgehead atoms. The van der Waals surface area contributed by atoms with Gasteiger partial charge >= 0.3 is 5.97 Å². The summed E-state index contributed by atoms with van der Waals surface area (Å²) in [5.41, 5.74) is 0.0952. The molecule has 2 heterocycles. The highest BCUT2D eigenvalue weighted by Gasteiger charge is 2.29. The third-order valence-corrected chi connectivity index (χ3v) is 2.64. The molecule has 6 heteroatoms. The largest absolute Gasteiger partial charge is 0.478 e. The van der Waals surface area contributed by atoms with E-state index in [-0.39, 0.29) is 16.8 Å². The van der Waals surface area contributed by atoms with E-state index in [0.29, 0.717) is 18.8 Å². The van der Waals surface area contributed by atoms with E-state index < -0.39 is 5.97 Å². The van der Waals surface area contributed by atoms with Crippen LogP contribution in [0.25, 0.3) is 0 Å². The van der Waals surface area contributed by atoms with Crippen LogP contribution in [-0.4, -0.2) is 33.9 Å². The molecular weight excluding hydrogens is 232 g/mol. The number of aromatic nitrogens is 1. The zero-order valence-electron chi connectivity index (χ0n) is 8.26. The number of carboxylic acids is 1. The van der Waals surface area contributed by atoms with Crippen molar-refractivity contribution >= 4 is 29.3 Å². The summed E-state index contributed by atoms with van der Waals surface area (Å²) in [6.45, 7) is 0.416. The Morgan fingerprint density at radius 3 is 2.75 bits per heavy atom. The van der Waals surface area contributed by atoms with Gasteiger partial charge in [0.25, 0.3) is 0 Å². The molecule has 0 radical (unpaired) electrons. The normalized spacial score (nSPS) is 20.2. The lowest BCUT2D eigenvalue weighted by molar-refractivity contribution is -0.117. The number of halogens is 1. The molecule has 2 rings (SSSR count). The molecule has 0 saturated carbocycles. The van der Waals surface area contributed by atoms with E-state index >= 15 is 0 Å². The first-order valence-electron chi connectivity index (χ1n) is 4.71. The minimum Gasteiger partial charge on any atom is -0.478 e. The van der Waals surface area contributed by atoms with Crippen molar-refractivity contribution in [2.75, 3.05) is 11.4 Å². The van der Waals surface area contributed by atoms with Crippen molar-refractivity contribution < 1.29 is 14.7 Å². The van der Waals surface area contributed by atoms with Crippen LogP contribution in [0.4, 0.5) is 5.82 Å². The van der Waals surface area contributed by atoms with Crippen LogP contribution < -0.4 is 4.90 Å². The van der Waals surface area contributed by atoms with Crippen molar-refractivity contribution in [2.24, 2.45) is 0 Å². The highest BCUT2D eigenvalue weighted by molar-refractivity contribution is 6.24. The highest BCUT2D eigenvalue weighted by Crippen LogP contribution is 2.22. The molecule has 1 amide bonds. The monoisotopic (exact) mass is 240 g/mol. The van der Waals surface area contributed by atoms with Gasteiger partial charge in [-0.25, -0.2) is 9.78 Å². The lowest BCUT2D eigenvalue weighted by atomic mass is 10.3. The topological polar surface area (TPSA) is 70.5 Å². The van der Waals surface area contributed by atoms with Gasteiger partial charge in [0.15, 0.2) is 0 Å². The van der Waals surface area contributed by atoms with Crippen LogP contribution in [-0.2, 0) is 4.79 Å². The smallest absolute Gasteiger partial charge is 0.337 e. The van der Waals surface area contributed by atoms with Crippen LogP contribution in [0.3, 0.4) is 0 Å². The fraction of sp³-hybridized carbons (Fsp3) is 0.300. The van der Waals surface area contributed by atoms with Gasteiger partial charge in [-0.05, 0) is 12.1 Å². The lowest BCUT2D eigenvalue weighted by Crippen LogP contribution is -2.25. The number of carbonyl (C=O) groups is 2. The number of pyridine rings is 1. The molecular formula is C10H9ClN2O3. The Labute approximate surface area is 96.7 Å². The van der Waals surface area contributed by atoms with E-state index in [4.69, 9.17) is 16.7 Å². The van der Waals surface area contributed by atoms with E-state index in [1.807, 2.05) is 0 Å². The Kier molecular flexibility index (Phi) is 2.78. The second-order valence-corrected chi connectivity index (χ2v) is 4.13. The molecule has 1 atom stereocenters. The van der Waals surface area contributed by atoms with Gasteiger partial charge in [-0.15, -0.1) is 11.6 Å². The predicted octanol–water partition coefficient (Wildman–Crippen LogP) is 1.12. The van der Waals surface area contributed by atoms with E-state index in [0.717, 1.165) is 0 Å². The number of hydrogen-bond donors (Lipinski definition) is 1. The van der Waals surface area contributed by atoms with E-state index in [2.05, 4.69) is 4.98 Å². The zero-order chi connectivity index (χ0) is 11.7. The second kappa shape index (κ2) is 4.09. The van der Waals surface area contributed by atoms with Crippen molar-refractivity contribution in [2.45, 2.75) is 11.8 Å². The zero-order valence-corrected chi connectivity index (χ0v) is 9.02. The van der Waals surface area contributed by atoms with Gasteiger partial charge in [-0.2, -0.15) is 0 Å². The Bertz CT molecular complexity index is 432. The molecule has 5 nitrogen and oxygen atoms in total. The van der Waals surface area contributed by atoms with Crippen LogP contribution in [0, 0.1) is 0 Å². The Hall–Kier alpha value is -1.62. The van der Waals surface area contributed by atoms with Crippen LogP contribution in [0.2, 0.25) is 0 Å². The third kappa shape index (κ3) is 1.99. The number of hydrogen-bond acceptors (Lipinski definition) is 3. The minimum atomic E-state index is -1.04. The molecule has 1 saturated heterocycles. The summed E-state index contributed by atoms with van der Waals surface area (Å²) in [5.74, 6) is -0.684. The minimum absolute atomic E-state index is 0.0874. The quantitative estimate of drug-likeness (QED) is 0.787. The van der Waals surface area contributed by atoms with Crippen molar-refractivity contribution in [3.63, 3.8) is 0 Å². The van der Waals surface area contributed by atoms with Crippen LogP contribution in [0.5, 0.6) is 0 Å². The Morgan fingerprint density at radius 1 is 1.56 bits per heavy atom. The molecule has 0 aromatic carbocycles. The van der Waals surface area contributed by atoms with E-state index in [1.165, 1.54) is 23.2 Å². The van der Waals surface area contributed by atoms with Crippen molar-refractivity contribution in [3.8, 4) is 0 Å². The molecule has 84 valence electrons. The number of anilines is 1. The summed E-state index contributed by atoms with van der Waals surface area (Å²) in [7, 11) is 0. The number of carboxylic acid groups (broad SMARTS) is 1. The van der Waals surface area contributed by atoms with Crippen molar-refractivity contribution in [1.82, 2.24) is 4.98 Å². The van der Waals surface area contributed by atoms with Crippen molar-refractivity contribution in [1.29, 1.82) is 0 Å². The molecule has 1 aromatic rings. The number of alkyl halides is 1. The van der Waals surface area contributed by atoms with Crippen LogP contribution in [0.15, 0.2) is 18.3 Å². The fourth-order valence-corrected chi connectivity index (χ4v) is 1.83.